The van der Waals surface area contributed by atoms with E-state index in [0.29, 0.717) is 29.9 Å². The summed E-state index contributed by atoms with van der Waals surface area (Å²) in [5.41, 5.74) is 1.37. The van der Waals surface area contributed by atoms with Gasteiger partial charge in [-0.05, 0) is 40.7 Å². The zero-order valence-corrected chi connectivity index (χ0v) is 21.1. The van der Waals surface area contributed by atoms with Crippen molar-refractivity contribution in [2.45, 2.75) is 61.4 Å². The Labute approximate surface area is 199 Å². The lowest BCUT2D eigenvalue weighted by atomic mass is 9.98. The summed E-state index contributed by atoms with van der Waals surface area (Å²) in [6.45, 7) is 11.8. The lowest BCUT2D eigenvalue weighted by Crippen LogP contribution is -2.24. The van der Waals surface area contributed by atoms with E-state index in [-0.39, 0.29) is 31.0 Å². The van der Waals surface area contributed by atoms with Gasteiger partial charge in [-0.2, -0.15) is 0 Å². The largest absolute Gasteiger partial charge is 0.466 e. The van der Waals surface area contributed by atoms with Crippen molar-refractivity contribution in [3.05, 3.63) is 34.0 Å². The number of aromatic nitrogens is 1. The summed E-state index contributed by atoms with van der Waals surface area (Å²) < 4.78 is 10.4. The minimum absolute atomic E-state index is 0.0543. The predicted molar refractivity (Wildman–Crippen MR) is 127 cm³/mol. The third kappa shape index (κ3) is 10.1. The molecule has 0 aliphatic rings. The zero-order valence-electron chi connectivity index (χ0n) is 20.3. The molecule has 9 nitrogen and oxygen atoms in total. The molecule has 0 saturated heterocycles. The van der Waals surface area contributed by atoms with Gasteiger partial charge in [0.25, 0.3) is 0 Å². The molecule has 0 radical (unpaired) electrons. The molecule has 1 rings (SSSR count). The fourth-order valence-corrected chi connectivity index (χ4v) is 3.44. The summed E-state index contributed by atoms with van der Waals surface area (Å²) in [5.74, 6) is -0.578. The van der Waals surface area contributed by atoms with Crippen LogP contribution in [0.3, 0.4) is 0 Å². The van der Waals surface area contributed by atoms with Gasteiger partial charge in [0.2, 0.25) is 12.3 Å². The van der Waals surface area contributed by atoms with E-state index in [1.54, 1.807) is 46.8 Å². The first-order valence-corrected chi connectivity index (χ1v) is 11.4. The lowest BCUT2D eigenvalue weighted by Gasteiger charge is -2.23. The molecule has 0 saturated carbocycles. The summed E-state index contributed by atoms with van der Waals surface area (Å²) in [7, 11) is 0. The number of nitrogens with one attached hydrogen (secondary N) is 1. The Morgan fingerprint density at radius 3 is 2.36 bits per heavy atom. The molecule has 0 aliphatic carbocycles. The molecule has 10 heteroatoms. The van der Waals surface area contributed by atoms with Crippen molar-refractivity contribution in [2.75, 3.05) is 17.9 Å². The number of nitrogens with zero attached hydrogens (tertiary/aromatic N) is 2. The third-order valence-electron chi connectivity index (χ3n) is 4.38. The van der Waals surface area contributed by atoms with E-state index in [2.05, 4.69) is 10.3 Å². The van der Waals surface area contributed by atoms with Crippen molar-refractivity contribution in [2.24, 2.45) is 5.41 Å². The number of pyridine rings is 1. The second kappa shape index (κ2) is 13.0. The van der Waals surface area contributed by atoms with E-state index in [0.717, 1.165) is 10.6 Å². The molecule has 0 bridgehead atoms. The van der Waals surface area contributed by atoms with Crippen LogP contribution in [-0.4, -0.2) is 46.7 Å². The van der Waals surface area contributed by atoms with Crippen molar-refractivity contribution in [1.82, 2.24) is 9.88 Å². The fourth-order valence-electron chi connectivity index (χ4n) is 2.58. The van der Waals surface area contributed by atoms with Crippen LogP contribution in [0.5, 0.6) is 0 Å². The van der Waals surface area contributed by atoms with Gasteiger partial charge in [-0.15, -0.1) is 0 Å². The van der Waals surface area contributed by atoms with Crippen LogP contribution in [-0.2, 0) is 35.2 Å². The number of ether oxygens (including phenoxy) is 2. The molecule has 0 atom stereocenters. The van der Waals surface area contributed by atoms with Crippen LogP contribution in [0.25, 0.3) is 0 Å². The molecule has 1 heterocycles. The molecule has 0 fully saturated rings. The van der Waals surface area contributed by atoms with Crippen molar-refractivity contribution in [1.29, 1.82) is 0 Å². The first-order chi connectivity index (χ1) is 15.3. The van der Waals surface area contributed by atoms with Gasteiger partial charge in [0.15, 0.2) is 0 Å². The first-order valence-electron chi connectivity index (χ1n) is 10.4. The first kappa shape index (κ1) is 28.2. The van der Waals surface area contributed by atoms with Crippen molar-refractivity contribution >= 4 is 41.8 Å². The lowest BCUT2D eigenvalue weighted by molar-refractivity contribution is -0.150. The van der Waals surface area contributed by atoms with Crippen LogP contribution in [0.2, 0.25) is 0 Å². The molecule has 2 amide bonds. The molecule has 1 aromatic heterocycles. The van der Waals surface area contributed by atoms with Gasteiger partial charge in [0.05, 0.1) is 18.6 Å². The van der Waals surface area contributed by atoms with Gasteiger partial charge >= 0.3 is 11.9 Å². The average molecular weight is 480 g/mol. The van der Waals surface area contributed by atoms with Gasteiger partial charge in [-0.1, -0.05) is 17.8 Å². The highest BCUT2D eigenvalue weighted by molar-refractivity contribution is 8.02. The van der Waals surface area contributed by atoms with Crippen LogP contribution < -0.4 is 5.32 Å². The summed E-state index contributed by atoms with van der Waals surface area (Å²) in [4.78, 5) is 53.3. The third-order valence-corrected chi connectivity index (χ3v) is 5.47. The molecule has 0 unspecified atom stereocenters. The monoisotopic (exact) mass is 479 g/mol. The van der Waals surface area contributed by atoms with Crippen LogP contribution in [0, 0.1) is 12.3 Å². The second-order valence-corrected chi connectivity index (χ2v) is 9.43. The summed E-state index contributed by atoms with van der Waals surface area (Å²) in [5, 5.41) is 2.69. The molecule has 1 N–H and O–H groups in total. The van der Waals surface area contributed by atoms with Crippen LogP contribution in [0.15, 0.2) is 22.7 Å². The van der Waals surface area contributed by atoms with E-state index < -0.39 is 11.4 Å². The van der Waals surface area contributed by atoms with Crippen molar-refractivity contribution in [3.63, 3.8) is 0 Å². The Kier molecular flexibility index (Phi) is 11.1. The fraction of sp³-hybridized carbons (Fsp3) is 0.522. The Bertz CT molecular complexity index is 908. The molecule has 0 aliphatic heterocycles. The number of hydrogen-bond acceptors (Lipinski definition) is 8. The number of hydrogen-bond donors (Lipinski definition) is 1. The molecular weight excluding hydrogens is 446 g/mol. The van der Waals surface area contributed by atoms with Crippen LogP contribution in [0.1, 0.15) is 59.2 Å². The van der Waals surface area contributed by atoms with Gasteiger partial charge in [-0.3, -0.25) is 19.2 Å². The maximum Gasteiger partial charge on any atom is 0.312 e. The quantitative estimate of drug-likeness (QED) is 0.290. The average Bonchev–Trinajstić information content (AvgIpc) is 2.70. The molecule has 1 aromatic rings. The number of carbonyl (C=O) groups excluding carboxylic acids is 4. The van der Waals surface area contributed by atoms with Gasteiger partial charge in [-0.25, -0.2) is 4.98 Å². The normalized spacial score (nSPS) is 11.8. The van der Waals surface area contributed by atoms with E-state index >= 15 is 0 Å². The Balaban J connectivity index is 3.13. The number of rotatable bonds is 11. The van der Waals surface area contributed by atoms with E-state index in [1.165, 1.54) is 30.5 Å². The van der Waals surface area contributed by atoms with Crippen LogP contribution in [0.4, 0.5) is 5.82 Å². The SMILES string of the molecule is CC(=O)Nc1nc(C)ccc1CN(C=O)/C(C)=C(/CCOC(C)=O)SCOC(=O)C(C)(C)C. The highest BCUT2D eigenvalue weighted by atomic mass is 32.2. The summed E-state index contributed by atoms with van der Waals surface area (Å²) in [6, 6.07) is 3.60. The number of esters is 2. The number of amides is 2. The standard InChI is InChI=1S/C23H33N3O6S/c1-15-8-9-19(21(24-15)25-17(3)28)12-26(13-27)16(2)20(10-11-31-18(4)29)33-14-32-22(30)23(5,6)7/h8-9,13H,10-12,14H2,1-7H3,(H,24,25,28)/b20-16-. The number of carbonyl (C=O) groups is 4. The van der Waals surface area contributed by atoms with Crippen molar-refractivity contribution in [3.8, 4) is 0 Å². The van der Waals surface area contributed by atoms with Gasteiger partial charge in [0.1, 0.15) is 11.8 Å². The molecule has 182 valence electrons. The highest BCUT2D eigenvalue weighted by Crippen LogP contribution is 2.28. The van der Waals surface area contributed by atoms with Gasteiger partial charge < -0.3 is 19.7 Å². The molecular formula is C23H33N3O6S. The second-order valence-electron chi connectivity index (χ2n) is 8.42. The minimum atomic E-state index is -0.634. The highest BCUT2D eigenvalue weighted by Gasteiger charge is 2.23. The van der Waals surface area contributed by atoms with Gasteiger partial charge in [0, 0.05) is 42.1 Å². The van der Waals surface area contributed by atoms with E-state index in [1.807, 2.05) is 0 Å². The van der Waals surface area contributed by atoms with E-state index in [4.69, 9.17) is 9.47 Å². The summed E-state index contributed by atoms with van der Waals surface area (Å²) >= 11 is 1.26. The zero-order chi connectivity index (χ0) is 25.2. The number of anilines is 1. The Morgan fingerprint density at radius 1 is 1.15 bits per heavy atom. The number of allylic oxidation sites excluding steroid dienone is 1. The molecule has 0 aromatic carbocycles. The minimum Gasteiger partial charge on any atom is -0.466 e. The molecule has 0 spiro atoms. The summed E-state index contributed by atoms with van der Waals surface area (Å²) in [6.07, 6.45) is 1.03. The van der Waals surface area contributed by atoms with E-state index in [9.17, 15) is 19.2 Å². The maximum absolute atomic E-state index is 12.1. The Morgan fingerprint density at radius 2 is 1.82 bits per heavy atom. The number of thioether (sulfide) groups is 1. The molecule has 33 heavy (non-hydrogen) atoms. The smallest absolute Gasteiger partial charge is 0.312 e. The topological polar surface area (TPSA) is 115 Å². The maximum atomic E-state index is 12.1. The number of aryl methyl sites for hydroxylation is 1. The van der Waals surface area contributed by atoms with Crippen LogP contribution >= 0.6 is 11.8 Å². The Hall–Kier alpha value is -2.88. The van der Waals surface area contributed by atoms with Crippen molar-refractivity contribution < 1.29 is 28.7 Å². The predicted octanol–water partition coefficient (Wildman–Crippen LogP) is 3.77.